The van der Waals surface area contributed by atoms with Gasteiger partial charge in [0.05, 0.1) is 0 Å². The van der Waals surface area contributed by atoms with E-state index in [-0.39, 0.29) is 6.03 Å². The van der Waals surface area contributed by atoms with E-state index in [1.807, 2.05) is 75.4 Å². The maximum absolute atomic E-state index is 11.6. The molecule has 2 aromatic carbocycles. The SMILES string of the molecule is CC.Cc1ccc(NC(=O)Nc2ccccc2)cc1. The molecule has 3 heteroatoms. The van der Waals surface area contributed by atoms with Crippen molar-refractivity contribution in [3.63, 3.8) is 0 Å². The molecule has 0 radical (unpaired) electrons. The topological polar surface area (TPSA) is 41.1 Å². The van der Waals surface area contributed by atoms with Crippen molar-refractivity contribution in [2.75, 3.05) is 10.6 Å². The molecule has 0 spiro atoms. The fourth-order valence-electron chi connectivity index (χ4n) is 1.45. The first-order chi connectivity index (χ1) is 9.24. The predicted octanol–water partition coefficient (Wildman–Crippen LogP) is 4.67. The summed E-state index contributed by atoms with van der Waals surface area (Å²) in [5.41, 5.74) is 2.72. The standard InChI is InChI=1S/C14H14N2O.C2H6/c1-11-7-9-13(10-8-11)16-14(17)15-12-5-3-2-4-6-12;1-2/h2-10H,1H3,(H2,15,16,17);1-2H3. The Morgan fingerprint density at radius 1 is 0.789 bits per heavy atom. The molecule has 0 aliphatic rings. The average Bonchev–Trinajstić information content (AvgIpc) is 2.45. The summed E-state index contributed by atoms with van der Waals surface area (Å²) in [6.45, 7) is 6.01. The summed E-state index contributed by atoms with van der Waals surface area (Å²) in [5, 5.41) is 5.52. The monoisotopic (exact) mass is 256 g/mol. The number of hydrogen-bond donors (Lipinski definition) is 2. The average molecular weight is 256 g/mol. The molecule has 0 heterocycles. The molecule has 19 heavy (non-hydrogen) atoms. The third-order valence-corrected chi connectivity index (χ3v) is 2.34. The zero-order valence-electron chi connectivity index (χ0n) is 11.6. The summed E-state index contributed by atoms with van der Waals surface area (Å²) >= 11 is 0. The van der Waals surface area contributed by atoms with Gasteiger partial charge in [-0.2, -0.15) is 0 Å². The molecule has 2 aromatic rings. The molecule has 0 bridgehead atoms. The van der Waals surface area contributed by atoms with Crippen LogP contribution in [-0.4, -0.2) is 6.03 Å². The van der Waals surface area contributed by atoms with Crippen molar-refractivity contribution in [1.82, 2.24) is 0 Å². The molecule has 0 aromatic heterocycles. The first kappa shape index (κ1) is 14.8. The highest BCUT2D eigenvalue weighted by Crippen LogP contribution is 2.10. The molecule has 2 amide bonds. The second-order valence-corrected chi connectivity index (χ2v) is 3.81. The molecule has 0 aliphatic carbocycles. The van der Waals surface area contributed by atoms with Crippen molar-refractivity contribution in [3.05, 3.63) is 60.2 Å². The van der Waals surface area contributed by atoms with E-state index < -0.39 is 0 Å². The Bertz CT molecular complexity index is 492. The fraction of sp³-hybridized carbons (Fsp3) is 0.188. The summed E-state index contributed by atoms with van der Waals surface area (Å²) in [4.78, 5) is 11.6. The minimum atomic E-state index is -0.236. The van der Waals surface area contributed by atoms with Gasteiger partial charge in [-0.3, -0.25) is 0 Å². The molecule has 0 aliphatic heterocycles. The number of benzene rings is 2. The van der Waals surface area contributed by atoms with Gasteiger partial charge < -0.3 is 10.6 Å². The van der Waals surface area contributed by atoms with Crippen LogP contribution in [0, 0.1) is 6.92 Å². The molecular weight excluding hydrogens is 236 g/mol. The number of aryl methyl sites for hydroxylation is 1. The smallest absolute Gasteiger partial charge is 0.308 e. The number of hydrogen-bond acceptors (Lipinski definition) is 1. The van der Waals surface area contributed by atoms with Crippen molar-refractivity contribution in [2.45, 2.75) is 20.8 Å². The van der Waals surface area contributed by atoms with E-state index in [1.54, 1.807) is 0 Å². The van der Waals surface area contributed by atoms with E-state index in [0.717, 1.165) is 11.4 Å². The molecule has 2 N–H and O–H groups in total. The van der Waals surface area contributed by atoms with Crippen LogP contribution in [0.25, 0.3) is 0 Å². The summed E-state index contributed by atoms with van der Waals surface area (Å²) < 4.78 is 0. The van der Waals surface area contributed by atoms with Crippen molar-refractivity contribution in [3.8, 4) is 0 Å². The van der Waals surface area contributed by atoms with Gasteiger partial charge in [0.25, 0.3) is 0 Å². The Hall–Kier alpha value is -2.29. The van der Waals surface area contributed by atoms with Gasteiger partial charge in [-0.25, -0.2) is 4.79 Å². The van der Waals surface area contributed by atoms with Gasteiger partial charge in [0.1, 0.15) is 0 Å². The van der Waals surface area contributed by atoms with Crippen LogP contribution in [0.2, 0.25) is 0 Å². The number of para-hydroxylation sites is 1. The van der Waals surface area contributed by atoms with Crippen LogP contribution in [0.3, 0.4) is 0 Å². The van der Waals surface area contributed by atoms with Gasteiger partial charge >= 0.3 is 6.03 Å². The van der Waals surface area contributed by atoms with Crippen molar-refractivity contribution in [1.29, 1.82) is 0 Å². The molecule has 0 saturated carbocycles. The molecule has 0 fully saturated rings. The molecular formula is C16H20N2O. The molecule has 0 atom stereocenters. The lowest BCUT2D eigenvalue weighted by atomic mass is 10.2. The minimum absolute atomic E-state index is 0.236. The summed E-state index contributed by atoms with van der Waals surface area (Å²) in [5.74, 6) is 0. The lowest BCUT2D eigenvalue weighted by Crippen LogP contribution is -2.19. The van der Waals surface area contributed by atoms with Gasteiger partial charge in [-0.15, -0.1) is 0 Å². The minimum Gasteiger partial charge on any atom is -0.308 e. The number of carbonyl (C=O) groups is 1. The van der Waals surface area contributed by atoms with Crippen LogP contribution in [0.1, 0.15) is 19.4 Å². The summed E-state index contributed by atoms with van der Waals surface area (Å²) in [7, 11) is 0. The molecule has 2 rings (SSSR count). The number of anilines is 2. The Labute approximate surface area is 114 Å². The number of amides is 2. The Morgan fingerprint density at radius 2 is 1.26 bits per heavy atom. The van der Waals surface area contributed by atoms with Crippen LogP contribution < -0.4 is 10.6 Å². The lowest BCUT2D eigenvalue weighted by molar-refractivity contribution is 0.262. The lowest BCUT2D eigenvalue weighted by Gasteiger charge is -2.07. The zero-order chi connectivity index (χ0) is 14.1. The molecule has 0 saturated heterocycles. The van der Waals surface area contributed by atoms with Gasteiger partial charge in [0, 0.05) is 11.4 Å². The van der Waals surface area contributed by atoms with Crippen LogP contribution in [-0.2, 0) is 0 Å². The number of rotatable bonds is 2. The number of nitrogens with one attached hydrogen (secondary N) is 2. The first-order valence-corrected chi connectivity index (χ1v) is 6.44. The highest BCUT2D eigenvalue weighted by Gasteiger charge is 2.01. The second-order valence-electron chi connectivity index (χ2n) is 3.81. The van der Waals surface area contributed by atoms with Gasteiger partial charge in [0.2, 0.25) is 0 Å². The third-order valence-electron chi connectivity index (χ3n) is 2.34. The maximum atomic E-state index is 11.6. The van der Waals surface area contributed by atoms with Crippen LogP contribution in [0.15, 0.2) is 54.6 Å². The normalized spacial score (nSPS) is 9.00. The highest BCUT2D eigenvalue weighted by molar-refractivity contribution is 5.99. The van der Waals surface area contributed by atoms with Crippen LogP contribution in [0.5, 0.6) is 0 Å². The van der Waals surface area contributed by atoms with Crippen molar-refractivity contribution >= 4 is 17.4 Å². The fourth-order valence-corrected chi connectivity index (χ4v) is 1.45. The van der Waals surface area contributed by atoms with E-state index in [9.17, 15) is 4.79 Å². The quantitative estimate of drug-likeness (QED) is 0.805. The molecule has 0 unspecified atom stereocenters. The highest BCUT2D eigenvalue weighted by atomic mass is 16.2. The molecule has 3 nitrogen and oxygen atoms in total. The van der Waals surface area contributed by atoms with E-state index in [1.165, 1.54) is 5.56 Å². The van der Waals surface area contributed by atoms with Crippen LogP contribution in [0.4, 0.5) is 16.2 Å². The summed E-state index contributed by atoms with van der Waals surface area (Å²) in [6, 6.07) is 16.8. The van der Waals surface area contributed by atoms with Crippen molar-refractivity contribution in [2.24, 2.45) is 0 Å². The van der Waals surface area contributed by atoms with E-state index in [4.69, 9.17) is 0 Å². The first-order valence-electron chi connectivity index (χ1n) is 6.44. The van der Waals surface area contributed by atoms with E-state index >= 15 is 0 Å². The van der Waals surface area contributed by atoms with Crippen molar-refractivity contribution < 1.29 is 4.79 Å². The van der Waals surface area contributed by atoms with Crippen LogP contribution >= 0.6 is 0 Å². The largest absolute Gasteiger partial charge is 0.323 e. The Kier molecular flexibility index (Phi) is 6.16. The zero-order valence-corrected chi connectivity index (χ0v) is 11.6. The number of carbonyl (C=O) groups excluding carboxylic acids is 1. The third kappa shape index (κ3) is 5.25. The van der Waals surface area contributed by atoms with Gasteiger partial charge in [-0.05, 0) is 31.2 Å². The summed E-state index contributed by atoms with van der Waals surface area (Å²) in [6.07, 6.45) is 0. The van der Waals surface area contributed by atoms with E-state index in [2.05, 4.69) is 10.6 Å². The van der Waals surface area contributed by atoms with Gasteiger partial charge in [0.15, 0.2) is 0 Å². The second kappa shape index (κ2) is 7.93. The Morgan fingerprint density at radius 3 is 1.79 bits per heavy atom. The maximum Gasteiger partial charge on any atom is 0.323 e. The van der Waals surface area contributed by atoms with E-state index in [0.29, 0.717) is 0 Å². The predicted molar refractivity (Wildman–Crippen MR) is 81.6 cm³/mol. The molecule has 100 valence electrons. The number of urea groups is 1. The Balaban J connectivity index is 0.000000861. The van der Waals surface area contributed by atoms with Gasteiger partial charge in [-0.1, -0.05) is 49.7 Å².